The summed E-state index contributed by atoms with van der Waals surface area (Å²) in [6.07, 6.45) is 0. The van der Waals surface area contributed by atoms with Crippen LogP contribution in [0.2, 0.25) is 0 Å². The van der Waals surface area contributed by atoms with Gasteiger partial charge < -0.3 is 10.4 Å². The van der Waals surface area contributed by atoms with E-state index in [0.29, 0.717) is 0 Å². The van der Waals surface area contributed by atoms with Gasteiger partial charge in [-0.2, -0.15) is 0 Å². The molecule has 0 heterocycles. The second-order valence-electron chi connectivity index (χ2n) is 4.24. The van der Waals surface area contributed by atoms with Gasteiger partial charge in [-0.3, -0.25) is 4.79 Å². The number of benzene rings is 2. The van der Waals surface area contributed by atoms with Gasteiger partial charge in [-0.25, -0.2) is 0 Å². The van der Waals surface area contributed by atoms with E-state index >= 15 is 0 Å². The third kappa shape index (κ3) is 4.11. The van der Waals surface area contributed by atoms with Gasteiger partial charge in [-0.15, -0.1) is 11.8 Å². The fourth-order valence-electron chi connectivity index (χ4n) is 1.81. The summed E-state index contributed by atoms with van der Waals surface area (Å²) in [5, 5.41) is 11.3. The Hall–Kier alpha value is -1.78. The minimum atomic E-state index is -0.315. The van der Waals surface area contributed by atoms with Crippen LogP contribution < -0.4 is 5.32 Å². The summed E-state index contributed by atoms with van der Waals surface area (Å²) in [6, 6.07) is 19.5. The number of carbonyl (C=O) groups excluding carboxylic acids is 1. The molecule has 2 aromatic rings. The van der Waals surface area contributed by atoms with Gasteiger partial charge >= 0.3 is 0 Å². The number of aliphatic hydroxyl groups excluding tert-OH is 1. The van der Waals surface area contributed by atoms with Crippen LogP contribution in [0, 0.1) is 0 Å². The molecule has 0 saturated carbocycles. The molecule has 2 aromatic carbocycles. The van der Waals surface area contributed by atoms with Crippen molar-refractivity contribution in [3.63, 3.8) is 0 Å². The molecule has 3 nitrogen and oxygen atoms in total. The lowest BCUT2D eigenvalue weighted by atomic mass is 10.1. The number of thioether (sulfide) groups is 1. The van der Waals surface area contributed by atoms with Crippen LogP contribution in [-0.4, -0.2) is 24.2 Å². The third-order valence-corrected chi connectivity index (χ3v) is 4.01. The molecule has 0 radical (unpaired) electrons. The second-order valence-corrected chi connectivity index (χ2v) is 5.41. The number of aliphatic hydroxyl groups is 1. The Morgan fingerprint density at radius 2 is 1.65 bits per heavy atom. The number of carbonyl (C=O) groups is 1. The molecule has 1 amide bonds. The predicted octanol–water partition coefficient (Wildman–Crippen LogP) is 2.63. The standard InChI is InChI=1S/C16H17NO2S/c18-12-11-17-16(19)15(13-7-3-1-4-8-13)20-14-9-5-2-6-10-14/h1-10,15,18H,11-12H2,(H,17,19)/t15-/m1/s1. The van der Waals surface area contributed by atoms with Crippen LogP contribution in [0.4, 0.5) is 0 Å². The molecule has 0 bridgehead atoms. The SMILES string of the molecule is O=C(NCCO)[C@H](Sc1ccccc1)c1ccccc1. The third-order valence-electron chi connectivity index (χ3n) is 2.75. The highest BCUT2D eigenvalue weighted by Gasteiger charge is 2.21. The quantitative estimate of drug-likeness (QED) is 0.803. The van der Waals surface area contributed by atoms with E-state index in [0.717, 1.165) is 10.5 Å². The zero-order valence-electron chi connectivity index (χ0n) is 11.0. The molecule has 4 heteroatoms. The normalized spacial score (nSPS) is 11.8. The van der Waals surface area contributed by atoms with Crippen LogP contribution in [0.15, 0.2) is 65.6 Å². The van der Waals surface area contributed by atoms with Gasteiger partial charge in [0.1, 0.15) is 5.25 Å². The summed E-state index contributed by atoms with van der Waals surface area (Å²) in [6.45, 7) is 0.223. The predicted molar refractivity (Wildman–Crippen MR) is 81.6 cm³/mol. The molecule has 104 valence electrons. The zero-order chi connectivity index (χ0) is 14.2. The van der Waals surface area contributed by atoms with E-state index < -0.39 is 0 Å². The first kappa shape index (κ1) is 14.6. The number of rotatable bonds is 6. The van der Waals surface area contributed by atoms with Gasteiger partial charge in [0.25, 0.3) is 0 Å². The molecule has 0 aliphatic rings. The van der Waals surface area contributed by atoms with Crippen LogP contribution in [0.1, 0.15) is 10.8 Å². The topological polar surface area (TPSA) is 49.3 Å². The summed E-state index contributed by atoms with van der Waals surface area (Å²) in [5.41, 5.74) is 0.955. The molecule has 0 aromatic heterocycles. The number of amides is 1. The van der Waals surface area contributed by atoms with Crippen molar-refractivity contribution in [1.29, 1.82) is 0 Å². The van der Waals surface area contributed by atoms with E-state index in [9.17, 15) is 4.79 Å². The Morgan fingerprint density at radius 3 is 2.25 bits per heavy atom. The maximum atomic E-state index is 12.3. The molecule has 0 unspecified atom stereocenters. The molecular formula is C16H17NO2S. The summed E-state index contributed by atoms with van der Waals surface area (Å²) in [4.78, 5) is 13.3. The van der Waals surface area contributed by atoms with Gasteiger partial charge in [0, 0.05) is 11.4 Å². The van der Waals surface area contributed by atoms with Crippen molar-refractivity contribution in [1.82, 2.24) is 5.32 Å². The van der Waals surface area contributed by atoms with E-state index in [1.54, 1.807) is 0 Å². The molecule has 2 rings (SSSR count). The fraction of sp³-hybridized carbons (Fsp3) is 0.188. The minimum Gasteiger partial charge on any atom is -0.395 e. The Kier molecular flexibility index (Phi) is 5.65. The van der Waals surface area contributed by atoms with Gasteiger partial charge in [-0.1, -0.05) is 48.5 Å². The van der Waals surface area contributed by atoms with Crippen LogP contribution >= 0.6 is 11.8 Å². The molecule has 20 heavy (non-hydrogen) atoms. The maximum Gasteiger partial charge on any atom is 0.238 e. The summed E-state index contributed by atoms with van der Waals surface area (Å²) >= 11 is 1.51. The van der Waals surface area contributed by atoms with Gasteiger partial charge in [-0.05, 0) is 17.7 Å². The first-order chi connectivity index (χ1) is 9.81. The van der Waals surface area contributed by atoms with Gasteiger partial charge in [0.15, 0.2) is 0 Å². The molecule has 1 atom stereocenters. The van der Waals surface area contributed by atoms with Crippen molar-refractivity contribution < 1.29 is 9.90 Å². The lowest BCUT2D eigenvalue weighted by molar-refractivity contribution is -0.120. The lowest BCUT2D eigenvalue weighted by Gasteiger charge is -2.16. The maximum absolute atomic E-state index is 12.3. The largest absolute Gasteiger partial charge is 0.395 e. The molecule has 0 spiro atoms. The number of nitrogens with one attached hydrogen (secondary N) is 1. The molecule has 0 fully saturated rings. The molecule has 2 N–H and O–H groups in total. The van der Waals surface area contributed by atoms with Crippen molar-refractivity contribution in [2.45, 2.75) is 10.1 Å². The smallest absolute Gasteiger partial charge is 0.238 e. The first-order valence-electron chi connectivity index (χ1n) is 6.46. The average Bonchev–Trinajstić information content (AvgIpc) is 2.52. The Balaban J connectivity index is 2.18. The van der Waals surface area contributed by atoms with Gasteiger partial charge in [0.05, 0.1) is 6.61 Å². The Labute approximate surface area is 123 Å². The van der Waals surface area contributed by atoms with Crippen molar-refractivity contribution >= 4 is 17.7 Å². The van der Waals surface area contributed by atoms with E-state index in [4.69, 9.17) is 5.11 Å². The highest BCUT2D eigenvalue weighted by atomic mass is 32.2. The molecular weight excluding hydrogens is 270 g/mol. The first-order valence-corrected chi connectivity index (χ1v) is 7.34. The molecule has 0 aliphatic carbocycles. The van der Waals surface area contributed by atoms with Crippen LogP contribution in [0.25, 0.3) is 0 Å². The van der Waals surface area contributed by atoms with Crippen molar-refractivity contribution in [3.8, 4) is 0 Å². The number of hydrogen-bond donors (Lipinski definition) is 2. The Morgan fingerprint density at radius 1 is 1.05 bits per heavy atom. The van der Waals surface area contributed by atoms with Crippen LogP contribution in [0.5, 0.6) is 0 Å². The van der Waals surface area contributed by atoms with Gasteiger partial charge in [0.2, 0.25) is 5.91 Å². The highest BCUT2D eigenvalue weighted by Crippen LogP contribution is 2.35. The summed E-state index contributed by atoms with van der Waals surface area (Å²) in [5.74, 6) is -0.0842. The number of hydrogen-bond acceptors (Lipinski definition) is 3. The Bertz CT molecular complexity index is 531. The van der Waals surface area contributed by atoms with E-state index in [1.165, 1.54) is 11.8 Å². The van der Waals surface area contributed by atoms with Crippen molar-refractivity contribution in [3.05, 3.63) is 66.2 Å². The van der Waals surface area contributed by atoms with E-state index in [2.05, 4.69) is 5.32 Å². The fourth-order valence-corrected chi connectivity index (χ4v) is 2.88. The average molecular weight is 287 g/mol. The highest BCUT2D eigenvalue weighted by molar-refractivity contribution is 8.00. The molecule has 0 saturated heterocycles. The monoisotopic (exact) mass is 287 g/mol. The zero-order valence-corrected chi connectivity index (χ0v) is 11.8. The minimum absolute atomic E-state index is 0.0523. The van der Waals surface area contributed by atoms with Crippen LogP contribution in [-0.2, 0) is 4.79 Å². The van der Waals surface area contributed by atoms with Crippen LogP contribution in [0.3, 0.4) is 0 Å². The van der Waals surface area contributed by atoms with Crippen molar-refractivity contribution in [2.75, 3.05) is 13.2 Å². The van der Waals surface area contributed by atoms with E-state index in [-0.39, 0.29) is 24.3 Å². The summed E-state index contributed by atoms with van der Waals surface area (Å²) in [7, 11) is 0. The molecule has 0 aliphatic heterocycles. The van der Waals surface area contributed by atoms with Crippen molar-refractivity contribution in [2.24, 2.45) is 0 Å². The van der Waals surface area contributed by atoms with E-state index in [1.807, 2.05) is 60.7 Å². The summed E-state index contributed by atoms with van der Waals surface area (Å²) < 4.78 is 0. The lowest BCUT2D eigenvalue weighted by Crippen LogP contribution is -2.30. The second kappa shape index (κ2) is 7.72.